The van der Waals surface area contributed by atoms with E-state index in [1.165, 1.54) is 12.8 Å². The van der Waals surface area contributed by atoms with Gasteiger partial charge in [-0.15, -0.1) is 0 Å². The summed E-state index contributed by atoms with van der Waals surface area (Å²) in [6.45, 7) is 6.26. The summed E-state index contributed by atoms with van der Waals surface area (Å²) in [7, 11) is 0. The highest BCUT2D eigenvalue weighted by Gasteiger charge is 2.27. The molecule has 0 spiro atoms. The third-order valence-electron chi connectivity index (χ3n) is 2.80. The smallest absolute Gasteiger partial charge is 0.222 e. The Morgan fingerprint density at radius 1 is 1.64 bits per heavy atom. The van der Waals surface area contributed by atoms with Gasteiger partial charge in [0.1, 0.15) is 0 Å². The lowest BCUT2D eigenvalue weighted by Gasteiger charge is -2.22. The maximum atomic E-state index is 11.6. The highest BCUT2D eigenvalue weighted by atomic mass is 79.9. The number of nitrogens with zero attached hydrogens (tertiary/aromatic N) is 1. The Morgan fingerprint density at radius 3 is 2.79 bits per heavy atom. The molecule has 0 saturated carbocycles. The zero-order chi connectivity index (χ0) is 10.6. The molecule has 1 rings (SSSR count). The van der Waals surface area contributed by atoms with Crippen LogP contribution in [0.1, 0.15) is 33.1 Å². The number of carbonyl (C=O) groups excluding carboxylic acids is 1. The molecule has 2 nitrogen and oxygen atoms in total. The van der Waals surface area contributed by atoms with E-state index >= 15 is 0 Å². The summed E-state index contributed by atoms with van der Waals surface area (Å²) in [4.78, 5) is 13.6. The Balaban J connectivity index is 2.38. The van der Waals surface area contributed by atoms with Crippen LogP contribution in [0.3, 0.4) is 0 Å². The molecule has 1 aliphatic heterocycles. The fraction of sp³-hybridized carbons (Fsp3) is 0.909. The summed E-state index contributed by atoms with van der Waals surface area (Å²) >= 11 is 3.52. The van der Waals surface area contributed by atoms with Gasteiger partial charge in [0.05, 0.1) is 0 Å². The first-order chi connectivity index (χ1) is 6.67. The van der Waals surface area contributed by atoms with Crippen molar-refractivity contribution in [2.24, 2.45) is 11.8 Å². The fourth-order valence-electron chi connectivity index (χ4n) is 2.08. The number of hydrogen-bond acceptors (Lipinski definition) is 1. The van der Waals surface area contributed by atoms with Gasteiger partial charge in [-0.25, -0.2) is 0 Å². The molecule has 0 aromatic heterocycles. The maximum Gasteiger partial charge on any atom is 0.222 e. The first-order valence-electron chi connectivity index (χ1n) is 5.51. The normalized spacial score (nSPS) is 24.4. The van der Waals surface area contributed by atoms with Gasteiger partial charge in [0.25, 0.3) is 0 Å². The predicted octanol–water partition coefficient (Wildman–Crippen LogP) is 2.67. The van der Waals surface area contributed by atoms with Crippen molar-refractivity contribution in [3.63, 3.8) is 0 Å². The fourth-order valence-corrected chi connectivity index (χ4v) is 2.61. The number of rotatable bonds is 5. The average Bonchev–Trinajstić information content (AvgIpc) is 2.44. The zero-order valence-corrected chi connectivity index (χ0v) is 10.7. The van der Waals surface area contributed by atoms with Crippen LogP contribution in [0.4, 0.5) is 0 Å². The molecule has 1 fully saturated rings. The molecular weight excluding hydrogens is 242 g/mol. The van der Waals surface area contributed by atoms with Crippen LogP contribution in [0, 0.1) is 11.8 Å². The average molecular weight is 262 g/mol. The Hall–Kier alpha value is -0.0500. The third-order valence-corrected chi connectivity index (χ3v) is 3.72. The molecule has 82 valence electrons. The van der Waals surface area contributed by atoms with E-state index in [0.717, 1.165) is 24.8 Å². The maximum absolute atomic E-state index is 11.6. The number of likely N-dealkylation sites (tertiary alicyclic amines) is 1. The minimum absolute atomic E-state index is 0.347. The number of carbonyl (C=O) groups is 1. The van der Waals surface area contributed by atoms with Gasteiger partial charge in [0.2, 0.25) is 5.91 Å². The van der Waals surface area contributed by atoms with Crippen LogP contribution in [-0.2, 0) is 4.79 Å². The summed E-state index contributed by atoms with van der Waals surface area (Å²) in [6, 6.07) is 0. The quantitative estimate of drug-likeness (QED) is 0.697. The van der Waals surface area contributed by atoms with Crippen LogP contribution in [0.5, 0.6) is 0 Å². The van der Waals surface area contributed by atoms with Gasteiger partial charge in [-0.3, -0.25) is 4.79 Å². The standard InChI is InChI=1S/C11H20BrNO/c1-3-4-10(6-12)8-13-7-9(2)5-11(13)14/h9-10H,3-8H2,1-2H3. The number of hydrogen-bond donors (Lipinski definition) is 0. The third kappa shape index (κ3) is 3.26. The van der Waals surface area contributed by atoms with Crippen molar-refractivity contribution in [2.45, 2.75) is 33.1 Å². The topological polar surface area (TPSA) is 20.3 Å². The van der Waals surface area contributed by atoms with Crippen molar-refractivity contribution >= 4 is 21.8 Å². The monoisotopic (exact) mass is 261 g/mol. The van der Waals surface area contributed by atoms with Crippen molar-refractivity contribution in [3.05, 3.63) is 0 Å². The molecule has 0 radical (unpaired) electrons. The van der Waals surface area contributed by atoms with Gasteiger partial charge in [-0.1, -0.05) is 36.2 Å². The van der Waals surface area contributed by atoms with E-state index in [1.54, 1.807) is 0 Å². The van der Waals surface area contributed by atoms with E-state index in [1.807, 2.05) is 4.90 Å². The SMILES string of the molecule is CCCC(CBr)CN1CC(C)CC1=O. The summed E-state index contributed by atoms with van der Waals surface area (Å²) in [6.07, 6.45) is 3.17. The zero-order valence-electron chi connectivity index (χ0n) is 9.13. The molecule has 0 aliphatic carbocycles. The second-order valence-electron chi connectivity index (χ2n) is 4.42. The minimum atomic E-state index is 0.347. The lowest BCUT2D eigenvalue weighted by Crippen LogP contribution is -2.31. The van der Waals surface area contributed by atoms with E-state index in [9.17, 15) is 4.79 Å². The van der Waals surface area contributed by atoms with Crippen molar-refractivity contribution in [3.8, 4) is 0 Å². The molecule has 1 aliphatic rings. The molecular formula is C11H20BrNO. The second kappa shape index (κ2) is 5.74. The Bertz CT molecular complexity index is 196. The van der Waals surface area contributed by atoms with Crippen LogP contribution in [-0.4, -0.2) is 29.2 Å². The Labute approximate surface area is 95.2 Å². The number of halogens is 1. The van der Waals surface area contributed by atoms with Crippen molar-refractivity contribution < 1.29 is 4.79 Å². The summed E-state index contributed by atoms with van der Waals surface area (Å²) in [5.41, 5.74) is 0. The van der Waals surface area contributed by atoms with E-state index in [-0.39, 0.29) is 0 Å². The highest BCUT2D eigenvalue weighted by Crippen LogP contribution is 2.20. The molecule has 0 aromatic rings. The molecule has 0 bridgehead atoms. The largest absolute Gasteiger partial charge is 0.342 e. The Kier molecular flexibility index (Phi) is 4.93. The first-order valence-corrected chi connectivity index (χ1v) is 6.63. The summed E-state index contributed by atoms with van der Waals surface area (Å²) < 4.78 is 0. The van der Waals surface area contributed by atoms with Gasteiger partial charge >= 0.3 is 0 Å². The number of alkyl halides is 1. The highest BCUT2D eigenvalue weighted by molar-refractivity contribution is 9.09. The molecule has 14 heavy (non-hydrogen) atoms. The van der Waals surface area contributed by atoms with E-state index in [2.05, 4.69) is 29.8 Å². The molecule has 1 saturated heterocycles. The molecule has 0 N–H and O–H groups in total. The molecule has 3 heteroatoms. The molecule has 1 amide bonds. The van der Waals surface area contributed by atoms with Crippen LogP contribution in [0.15, 0.2) is 0 Å². The Morgan fingerprint density at radius 2 is 2.36 bits per heavy atom. The molecule has 1 heterocycles. The minimum Gasteiger partial charge on any atom is -0.342 e. The lowest BCUT2D eigenvalue weighted by molar-refractivity contribution is -0.128. The van der Waals surface area contributed by atoms with E-state index in [4.69, 9.17) is 0 Å². The first kappa shape index (κ1) is 12.0. The lowest BCUT2D eigenvalue weighted by atomic mass is 10.1. The van der Waals surface area contributed by atoms with Crippen molar-refractivity contribution in [1.29, 1.82) is 0 Å². The van der Waals surface area contributed by atoms with Crippen LogP contribution < -0.4 is 0 Å². The van der Waals surface area contributed by atoms with Crippen molar-refractivity contribution in [2.75, 3.05) is 18.4 Å². The summed E-state index contributed by atoms with van der Waals surface area (Å²) in [5.74, 6) is 1.54. The van der Waals surface area contributed by atoms with E-state index in [0.29, 0.717) is 17.7 Å². The predicted molar refractivity (Wildman–Crippen MR) is 62.6 cm³/mol. The van der Waals surface area contributed by atoms with Crippen LogP contribution in [0.2, 0.25) is 0 Å². The van der Waals surface area contributed by atoms with Gasteiger partial charge in [-0.2, -0.15) is 0 Å². The molecule has 2 atom stereocenters. The van der Waals surface area contributed by atoms with Crippen LogP contribution >= 0.6 is 15.9 Å². The van der Waals surface area contributed by atoms with E-state index < -0.39 is 0 Å². The van der Waals surface area contributed by atoms with Gasteiger partial charge in [0, 0.05) is 24.8 Å². The van der Waals surface area contributed by atoms with Crippen LogP contribution in [0.25, 0.3) is 0 Å². The van der Waals surface area contributed by atoms with Gasteiger partial charge < -0.3 is 4.90 Å². The molecule has 2 unspecified atom stereocenters. The molecule has 0 aromatic carbocycles. The summed E-state index contributed by atoms with van der Waals surface area (Å²) in [5, 5.41) is 1.01. The van der Waals surface area contributed by atoms with Gasteiger partial charge in [-0.05, 0) is 18.3 Å². The van der Waals surface area contributed by atoms with Gasteiger partial charge in [0.15, 0.2) is 0 Å². The number of amides is 1. The van der Waals surface area contributed by atoms with Crippen molar-refractivity contribution in [1.82, 2.24) is 4.90 Å². The second-order valence-corrected chi connectivity index (χ2v) is 5.06.